The van der Waals surface area contributed by atoms with E-state index in [9.17, 15) is 24.0 Å². The molecule has 16 heteroatoms. The van der Waals surface area contributed by atoms with Crippen molar-refractivity contribution in [1.82, 2.24) is 19.9 Å². The van der Waals surface area contributed by atoms with Gasteiger partial charge in [0.15, 0.2) is 18.3 Å². The van der Waals surface area contributed by atoms with Crippen molar-refractivity contribution in [3.05, 3.63) is 45.2 Å². The molecule has 4 rings (SSSR count). The third-order valence-electron chi connectivity index (χ3n) is 6.03. The summed E-state index contributed by atoms with van der Waals surface area (Å²) >= 11 is 2.29. The third kappa shape index (κ3) is 8.03. The first-order chi connectivity index (χ1) is 20.4. The molecule has 0 spiro atoms. The number of hydrogen-bond donors (Lipinski definition) is 0. The lowest BCUT2D eigenvalue weighted by Gasteiger charge is -2.44. The largest absolute Gasteiger partial charge is 0.463 e. The van der Waals surface area contributed by atoms with Crippen LogP contribution in [0.25, 0.3) is 10.7 Å². The Morgan fingerprint density at radius 2 is 1.47 bits per heavy atom. The third-order valence-corrected chi connectivity index (χ3v) is 8.22. The number of carbonyl (C=O) groups is 5. The van der Waals surface area contributed by atoms with E-state index in [0.29, 0.717) is 31.2 Å². The molecule has 3 aromatic heterocycles. The van der Waals surface area contributed by atoms with E-state index in [-0.39, 0.29) is 18.8 Å². The minimum absolute atomic E-state index is 0.0174. The normalized spacial score (nSPS) is 21.5. The topological polar surface area (TPSA) is 183 Å². The van der Waals surface area contributed by atoms with Crippen molar-refractivity contribution < 1.29 is 47.7 Å². The fourth-order valence-electron chi connectivity index (χ4n) is 4.40. The molecule has 1 fully saturated rings. The average Bonchev–Trinajstić information content (AvgIpc) is 3.57. The Balaban J connectivity index is 1.61. The SMILES string of the molecule is CC(=O)OC[C@H]1O[C@H](Cc2ncc(C(=O)c3sc(-c4cnccn4)nc3C)s2)[C@@H](OC(C)=O)[C@@H](OC(C)=O)[C@@H]1OC(C)=O. The Labute approximate surface area is 253 Å². The molecule has 228 valence electrons. The molecule has 0 radical (unpaired) electrons. The van der Waals surface area contributed by atoms with Crippen LogP contribution in [-0.4, -0.2) is 86.7 Å². The maximum absolute atomic E-state index is 13.4. The summed E-state index contributed by atoms with van der Waals surface area (Å²) in [6, 6.07) is 0. The monoisotopic (exact) mass is 632 g/mol. The van der Waals surface area contributed by atoms with Crippen molar-refractivity contribution in [2.45, 2.75) is 71.6 Å². The minimum atomic E-state index is -1.29. The standard InChI is InChI=1S/C27H28N4O10S2/c1-12-26(43-27(31-12)17-9-28-6-7-29-17)22(36)20-10-30-21(42-20)8-18-23(38-14(3)33)25(40-16(5)35)24(39-15(4)34)19(41-18)11-37-13(2)32/h6-7,9-10,18-19,23-25H,8,11H2,1-5H3/t18-,19-,23-,24-,25-/m1/s1. The molecule has 1 aliphatic rings. The number of hydrogen-bond acceptors (Lipinski definition) is 16. The number of thiazole rings is 2. The molecule has 1 aliphatic heterocycles. The number of esters is 4. The Bertz CT molecular complexity index is 1510. The Morgan fingerprint density at radius 3 is 2.07 bits per heavy atom. The number of aromatic nitrogens is 4. The van der Waals surface area contributed by atoms with Crippen molar-refractivity contribution >= 4 is 52.3 Å². The highest BCUT2D eigenvalue weighted by atomic mass is 32.1. The van der Waals surface area contributed by atoms with Crippen LogP contribution in [0.3, 0.4) is 0 Å². The predicted molar refractivity (Wildman–Crippen MR) is 149 cm³/mol. The van der Waals surface area contributed by atoms with Crippen LogP contribution in [0.1, 0.15) is 52.9 Å². The molecule has 0 N–H and O–H groups in total. The van der Waals surface area contributed by atoms with Crippen LogP contribution in [0.4, 0.5) is 0 Å². The van der Waals surface area contributed by atoms with Crippen LogP contribution in [0.5, 0.6) is 0 Å². The van der Waals surface area contributed by atoms with Gasteiger partial charge in [0, 0.05) is 52.7 Å². The van der Waals surface area contributed by atoms with Gasteiger partial charge >= 0.3 is 23.9 Å². The van der Waals surface area contributed by atoms with Crippen LogP contribution in [0, 0.1) is 6.92 Å². The van der Waals surface area contributed by atoms with Gasteiger partial charge in [-0.1, -0.05) is 0 Å². The van der Waals surface area contributed by atoms with Gasteiger partial charge in [-0.15, -0.1) is 22.7 Å². The summed E-state index contributed by atoms with van der Waals surface area (Å²) in [6.07, 6.45) is 0.260. The van der Waals surface area contributed by atoms with Crippen molar-refractivity contribution in [3.63, 3.8) is 0 Å². The molecule has 0 aromatic carbocycles. The lowest BCUT2D eigenvalue weighted by atomic mass is 9.92. The molecule has 43 heavy (non-hydrogen) atoms. The van der Waals surface area contributed by atoms with Crippen LogP contribution in [0.2, 0.25) is 0 Å². The highest BCUT2D eigenvalue weighted by Crippen LogP contribution is 2.33. The molecule has 0 aliphatic carbocycles. The maximum Gasteiger partial charge on any atom is 0.303 e. The van der Waals surface area contributed by atoms with Crippen LogP contribution < -0.4 is 0 Å². The fraction of sp³-hybridized carbons (Fsp3) is 0.444. The van der Waals surface area contributed by atoms with Crippen LogP contribution in [-0.2, 0) is 49.3 Å². The first kappa shape index (κ1) is 31.8. The summed E-state index contributed by atoms with van der Waals surface area (Å²) in [6.45, 7) is 6.05. The van der Waals surface area contributed by atoms with Crippen LogP contribution in [0.15, 0.2) is 24.8 Å². The summed E-state index contributed by atoms with van der Waals surface area (Å²) in [7, 11) is 0. The first-order valence-electron chi connectivity index (χ1n) is 13.0. The summed E-state index contributed by atoms with van der Waals surface area (Å²) in [5.74, 6) is -3.05. The van der Waals surface area contributed by atoms with Gasteiger partial charge in [-0.05, 0) is 6.92 Å². The molecular formula is C27H28N4O10S2. The zero-order chi connectivity index (χ0) is 31.3. The van der Waals surface area contributed by atoms with E-state index in [0.717, 1.165) is 25.2 Å². The molecule has 5 atom stereocenters. The lowest BCUT2D eigenvalue weighted by molar-refractivity contribution is -0.252. The van der Waals surface area contributed by atoms with E-state index in [1.807, 2.05) is 0 Å². The van der Waals surface area contributed by atoms with Gasteiger partial charge < -0.3 is 23.7 Å². The highest BCUT2D eigenvalue weighted by molar-refractivity contribution is 7.19. The Hall–Kier alpha value is -4.15. The van der Waals surface area contributed by atoms with E-state index < -0.39 is 54.4 Å². The molecule has 1 saturated heterocycles. The predicted octanol–water partition coefficient (Wildman–Crippen LogP) is 2.26. The summed E-state index contributed by atoms with van der Waals surface area (Å²) in [5, 5.41) is 0.997. The fourth-order valence-corrected chi connectivity index (χ4v) is 6.36. The van der Waals surface area contributed by atoms with Gasteiger partial charge in [0.1, 0.15) is 29.5 Å². The van der Waals surface area contributed by atoms with Gasteiger partial charge in [-0.2, -0.15) is 0 Å². The molecule has 14 nitrogen and oxygen atoms in total. The number of aryl methyl sites for hydroxylation is 1. The van der Waals surface area contributed by atoms with E-state index in [2.05, 4.69) is 19.9 Å². The second-order valence-electron chi connectivity index (χ2n) is 9.41. The van der Waals surface area contributed by atoms with Crippen molar-refractivity contribution in [3.8, 4) is 10.7 Å². The average molecular weight is 633 g/mol. The second-order valence-corrected chi connectivity index (χ2v) is 11.5. The molecule has 0 bridgehead atoms. The van der Waals surface area contributed by atoms with Crippen molar-refractivity contribution in [2.75, 3.05) is 6.61 Å². The van der Waals surface area contributed by atoms with Gasteiger partial charge in [-0.3, -0.25) is 33.9 Å². The van der Waals surface area contributed by atoms with Crippen LogP contribution >= 0.6 is 22.7 Å². The van der Waals surface area contributed by atoms with Gasteiger partial charge in [-0.25, -0.2) is 9.97 Å². The molecule has 3 aromatic rings. The quantitative estimate of drug-likeness (QED) is 0.180. The van der Waals surface area contributed by atoms with E-state index in [4.69, 9.17) is 23.7 Å². The molecule has 4 heterocycles. The zero-order valence-corrected chi connectivity index (χ0v) is 25.4. The smallest absolute Gasteiger partial charge is 0.303 e. The van der Waals surface area contributed by atoms with Gasteiger partial charge in [0.05, 0.1) is 26.7 Å². The number of nitrogens with zero attached hydrogens (tertiary/aromatic N) is 4. The lowest BCUT2D eigenvalue weighted by Crippen LogP contribution is -2.62. The number of ketones is 1. The number of carbonyl (C=O) groups excluding carboxylic acids is 5. The molecule has 0 saturated carbocycles. The van der Waals surface area contributed by atoms with E-state index >= 15 is 0 Å². The van der Waals surface area contributed by atoms with Gasteiger partial charge in [0.2, 0.25) is 5.78 Å². The highest BCUT2D eigenvalue weighted by Gasteiger charge is 2.52. The summed E-state index contributed by atoms with van der Waals surface area (Å²) in [5.41, 5.74) is 1.08. The minimum Gasteiger partial charge on any atom is -0.463 e. The summed E-state index contributed by atoms with van der Waals surface area (Å²) < 4.78 is 27.6. The molecular weight excluding hydrogens is 604 g/mol. The summed E-state index contributed by atoms with van der Waals surface area (Å²) in [4.78, 5) is 78.9. The Kier molecular flexibility index (Phi) is 10.3. The number of ether oxygens (including phenoxy) is 5. The van der Waals surface area contributed by atoms with E-state index in [1.165, 1.54) is 37.6 Å². The second kappa shape index (κ2) is 13.9. The van der Waals surface area contributed by atoms with Gasteiger partial charge in [0.25, 0.3) is 0 Å². The zero-order valence-electron chi connectivity index (χ0n) is 23.8. The molecule has 0 unspecified atom stereocenters. The molecule has 0 amide bonds. The number of rotatable bonds is 10. The first-order valence-corrected chi connectivity index (χ1v) is 14.6. The van der Waals surface area contributed by atoms with Crippen molar-refractivity contribution in [1.29, 1.82) is 0 Å². The van der Waals surface area contributed by atoms with Crippen molar-refractivity contribution in [2.24, 2.45) is 0 Å². The van der Waals surface area contributed by atoms with E-state index in [1.54, 1.807) is 19.3 Å². The maximum atomic E-state index is 13.4. The Morgan fingerprint density at radius 1 is 0.814 bits per heavy atom.